The summed E-state index contributed by atoms with van der Waals surface area (Å²) < 4.78 is 9.96. The van der Waals surface area contributed by atoms with E-state index in [2.05, 4.69) is 0 Å². The van der Waals surface area contributed by atoms with Gasteiger partial charge in [0.1, 0.15) is 5.75 Å². The summed E-state index contributed by atoms with van der Waals surface area (Å²) in [7, 11) is 0. The molecule has 0 bridgehead atoms. The molecule has 0 radical (unpaired) electrons. The maximum atomic E-state index is 11.5. The summed E-state index contributed by atoms with van der Waals surface area (Å²) in [6.45, 7) is 3.72. The molecule has 0 spiro atoms. The molecule has 0 fully saturated rings. The predicted molar refractivity (Wildman–Crippen MR) is 63.2 cm³/mol. The van der Waals surface area contributed by atoms with Crippen molar-refractivity contribution < 1.29 is 19.1 Å². The molecule has 0 aliphatic carbocycles. The average molecular weight is 236 g/mol. The Hall–Kier alpha value is -1.84. The minimum absolute atomic E-state index is 0.0478. The Balaban J connectivity index is 2.60. The Morgan fingerprint density at radius 1 is 1.24 bits per heavy atom. The highest BCUT2D eigenvalue weighted by Gasteiger charge is 2.06. The number of benzene rings is 1. The number of carbonyl (C=O) groups excluding carboxylic acids is 2. The summed E-state index contributed by atoms with van der Waals surface area (Å²) in [4.78, 5) is 22.5. The molecule has 0 heterocycles. The van der Waals surface area contributed by atoms with Gasteiger partial charge in [-0.15, -0.1) is 0 Å². The number of hydrogen-bond donors (Lipinski definition) is 0. The molecule has 0 unspecified atom stereocenters. The van der Waals surface area contributed by atoms with E-state index in [9.17, 15) is 9.59 Å². The Morgan fingerprint density at radius 3 is 2.65 bits per heavy atom. The van der Waals surface area contributed by atoms with E-state index >= 15 is 0 Å². The quantitative estimate of drug-likeness (QED) is 0.561. The van der Waals surface area contributed by atoms with Crippen molar-refractivity contribution >= 4 is 11.8 Å². The van der Waals surface area contributed by atoms with Crippen LogP contribution in [0.1, 0.15) is 30.6 Å². The van der Waals surface area contributed by atoms with E-state index in [4.69, 9.17) is 9.47 Å². The highest BCUT2D eigenvalue weighted by molar-refractivity contribution is 5.96. The standard InChI is InChI=1S/C13H16O4/c1-3-12(14)10-6-5-7-11(8-10)17-9-13(15)16-4-2/h5-8H,3-4,9H2,1-2H3. The molecule has 0 aromatic heterocycles. The summed E-state index contributed by atoms with van der Waals surface area (Å²) in [6, 6.07) is 6.78. The van der Waals surface area contributed by atoms with Gasteiger partial charge in [-0.1, -0.05) is 19.1 Å². The van der Waals surface area contributed by atoms with Crippen LogP contribution in [0.3, 0.4) is 0 Å². The fraction of sp³-hybridized carbons (Fsp3) is 0.385. The lowest BCUT2D eigenvalue weighted by molar-refractivity contribution is -0.145. The van der Waals surface area contributed by atoms with Gasteiger partial charge in [-0.25, -0.2) is 4.79 Å². The molecule has 1 rings (SSSR count). The van der Waals surface area contributed by atoms with Crippen molar-refractivity contribution in [1.82, 2.24) is 0 Å². The largest absolute Gasteiger partial charge is 0.482 e. The Kier molecular flexibility index (Phi) is 5.20. The van der Waals surface area contributed by atoms with Crippen LogP contribution in [0.15, 0.2) is 24.3 Å². The summed E-state index contributed by atoms with van der Waals surface area (Å²) in [5.41, 5.74) is 0.592. The third-order valence-corrected chi connectivity index (χ3v) is 2.14. The van der Waals surface area contributed by atoms with Crippen LogP contribution in [0, 0.1) is 0 Å². The van der Waals surface area contributed by atoms with Crippen LogP contribution >= 0.6 is 0 Å². The first-order valence-electron chi connectivity index (χ1n) is 5.59. The third-order valence-electron chi connectivity index (χ3n) is 2.14. The molecule has 1 aromatic carbocycles. The van der Waals surface area contributed by atoms with E-state index in [1.54, 1.807) is 38.1 Å². The maximum Gasteiger partial charge on any atom is 0.344 e. The molecule has 4 heteroatoms. The SMILES string of the molecule is CCOC(=O)COc1cccc(C(=O)CC)c1. The fourth-order valence-corrected chi connectivity index (χ4v) is 1.31. The number of ketones is 1. The van der Waals surface area contributed by atoms with Gasteiger partial charge in [-0.2, -0.15) is 0 Å². The second-order valence-corrected chi connectivity index (χ2v) is 3.40. The van der Waals surface area contributed by atoms with Crippen LogP contribution in [-0.4, -0.2) is 25.0 Å². The minimum Gasteiger partial charge on any atom is -0.482 e. The van der Waals surface area contributed by atoms with Gasteiger partial charge in [-0.3, -0.25) is 4.79 Å². The highest BCUT2D eigenvalue weighted by atomic mass is 16.6. The van der Waals surface area contributed by atoms with Crippen LogP contribution in [-0.2, 0) is 9.53 Å². The lowest BCUT2D eigenvalue weighted by Crippen LogP contribution is -2.14. The van der Waals surface area contributed by atoms with Crippen molar-refractivity contribution in [2.75, 3.05) is 13.2 Å². The smallest absolute Gasteiger partial charge is 0.344 e. The third kappa shape index (κ3) is 4.26. The molecule has 0 aliphatic rings. The Labute approximate surface area is 101 Å². The van der Waals surface area contributed by atoms with Gasteiger partial charge in [0.25, 0.3) is 0 Å². The normalized spacial score (nSPS) is 9.76. The second-order valence-electron chi connectivity index (χ2n) is 3.40. The van der Waals surface area contributed by atoms with Gasteiger partial charge in [0, 0.05) is 12.0 Å². The molecule has 0 saturated heterocycles. The second kappa shape index (κ2) is 6.68. The first kappa shape index (κ1) is 13.2. The zero-order valence-corrected chi connectivity index (χ0v) is 10.1. The lowest BCUT2D eigenvalue weighted by Gasteiger charge is -2.06. The fourth-order valence-electron chi connectivity index (χ4n) is 1.31. The van der Waals surface area contributed by atoms with E-state index in [0.717, 1.165) is 0 Å². The molecule has 0 saturated carbocycles. The highest BCUT2D eigenvalue weighted by Crippen LogP contribution is 2.14. The van der Waals surface area contributed by atoms with Crippen LogP contribution in [0.4, 0.5) is 0 Å². The van der Waals surface area contributed by atoms with Gasteiger partial charge in [0.2, 0.25) is 0 Å². The molecule has 1 aromatic rings. The number of rotatable bonds is 6. The van der Waals surface area contributed by atoms with E-state index in [0.29, 0.717) is 24.3 Å². The molecule has 0 atom stereocenters. The molecule has 4 nitrogen and oxygen atoms in total. The summed E-state index contributed by atoms with van der Waals surface area (Å²) >= 11 is 0. The number of ether oxygens (including phenoxy) is 2. The van der Waals surface area contributed by atoms with E-state index in [1.165, 1.54) is 0 Å². The molecular formula is C13H16O4. The summed E-state index contributed by atoms with van der Waals surface area (Å²) in [5, 5.41) is 0. The Morgan fingerprint density at radius 2 is 2.00 bits per heavy atom. The average Bonchev–Trinajstić information content (AvgIpc) is 2.36. The van der Waals surface area contributed by atoms with Crippen molar-refractivity contribution in [3.05, 3.63) is 29.8 Å². The van der Waals surface area contributed by atoms with E-state index < -0.39 is 5.97 Å². The monoisotopic (exact) mass is 236 g/mol. The first-order valence-corrected chi connectivity index (χ1v) is 5.59. The zero-order chi connectivity index (χ0) is 12.7. The predicted octanol–water partition coefficient (Wildman–Crippen LogP) is 2.22. The van der Waals surface area contributed by atoms with Crippen LogP contribution < -0.4 is 4.74 Å². The number of esters is 1. The van der Waals surface area contributed by atoms with Gasteiger partial charge in [-0.05, 0) is 19.1 Å². The molecule has 92 valence electrons. The van der Waals surface area contributed by atoms with Crippen molar-refractivity contribution in [2.24, 2.45) is 0 Å². The lowest BCUT2D eigenvalue weighted by atomic mass is 10.1. The van der Waals surface area contributed by atoms with Crippen molar-refractivity contribution in [1.29, 1.82) is 0 Å². The first-order chi connectivity index (χ1) is 8.17. The number of hydrogen-bond acceptors (Lipinski definition) is 4. The summed E-state index contributed by atoms with van der Waals surface area (Å²) in [6.07, 6.45) is 0.446. The Bertz CT molecular complexity index is 398. The van der Waals surface area contributed by atoms with Gasteiger partial charge in [0.05, 0.1) is 6.61 Å². The van der Waals surface area contributed by atoms with Crippen molar-refractivity contribution in [2.45, 2.75) is 20.3 Å². The zero-order valence-electron chi connectivity index (χ0n) is 10.1. The van der Waals surface area contributed by atoms with Crippen LogP contribution in [0.25, 0.3) is 0 Å². The van der Waals surface area contributed by atoms with Gasteiger partial charge < -0.3 is 9.47 Å². The van der Waals surface area contributed by atoms with E-state index in [1.807, 2.05) is 0 Å². The maximum absolute atomic E-state index is 11.5. The molecule has 17 heavy (non-hydrogen) atoms. The topological polar surface area (TPSA) is 52.6 Å². The molecule has 0 N–H and O–H groups in total. The molecule has 0 aliphatic heterocycles. The van der Waals surface area contributed by atoms with Crippen LogP contribution in [0.2, 0.25) is 0 Å². The van der Waals surface area contributed by atoms with Gasteiger partial charge in [0.15, 0.2) is 12.4 Å². The van der Waals surface area contributed by atoms with Gasteiger partial charge >= 0.3 is 5.97 Å². The number of Topliss-reactive ketones (excluding diaryl/α,β-unsaturated/α-hetero) is 1. The van der Waals surface area contributed by atoms with E-state index in [-0.39, 0.29) is 12.4 Å². The van der Waals surface area contributed by atoms with Crippen molar-refractivity contribution in [3.8, 4) is 5.75 Å². The van der Waals surface area contributed by atoms with Crippen LogP contribution in [0.5, 0.6) is 5.75 Å². The molecule has 0 amide bonds. The number of carbonyl (C=O) groups is 2. The minimum atomic E-state index is -0.417. The van der Waals surface area contributed by atoms with Crippen molar-refractivity contribution in [3.63, 3.8) is 0 Å². The molecular weight excluding hydrogens is 220 g/mol. The summed E-state index contributed by atoms with van der Waals surface area (Å²) in [5.74, 6) is 0.128.